The maximum atomic E-state index is 9.86. The van der Waals surface area contributed by atoms with E-state index in [0.717, 1.165) is 11.3 Å². The van der Waals surface area contributed by atoms with Crippen molar-refractivity contribution < 1.29 is 5.11 Å². The van der Waals surface area contributed by atoms with Crippen molar-refractivity contribution in [1.29, 1.82) is 0 Å². The van der Waals surface area contributed by atoms with E-state index < -0.39 is 0 Å². The molecular weight excluding hydrogens is 242 g/mol. The maximum absolute atomic E-state index is 9.86. The van der Waals surface area contributed by atoms with Gasteiger partial charge < -0.3 is 10.4 Å². The smallest absolute Gasteiger partial charge is 0.254 e. The molecule has 6 nitrogen and oxygen atoms in total. The van der Waals surface area contributed by atoms with Crippen molar-refractivity contribution in [2.45, 2.75) is 13.8 Å². The summed E-state index contributed by atoms with van der Waals surface area (Å²) in [5.74, 6) is 1.42. The second-order valence-corrected chi connectivity index (χ2v) is 4.40. The molecule has 0 fully saturated rings. The van der Waals surface area contributed by atoms with Gasteiger partial charge in [-0.1, -0.05) is 6.07 Å². The van der Waals surface area contributed by atoms with Gasteiger partial charge in [-0.05, 0) is 31.5 Å². The second-order valence-electron chi connectivity index (χ2n) is 4.40. The van der Waals surface area contributed by atoms with Crippen LogP contribution >= 0.6 is 0 Å². The SMILES string of the molecule is Cc1ccc(O)c(Nc2cc(C)nc3ncnn23)c1. The molecule has 0 spiro atoms. The Morgan fingerprint density at radius 2 is 2.05 bits per heavy atom. The lowest BCUT2D eigenvalue weighted by molar-refractivity contribution is 0.477. The molecule has 2 aromatic heterocycles. The third-order valence-corrected chi connectivity index (χ3v) is 2.79. The van der Waals surface area contributed by atoms with Crippen molar-refractivity contribution in [1.82, 2.24) is 19.6 Å². The summed E-state index contributed by atoms with van der Waals surface area (Å²) in [5, 5.41) is 17.1. The first-order valence-electron chi connectivity index (χ1n) is 5.87. The molecule has 96 valence electrons. The molecule has 0 unspecified atom stereocenters. The average Bonchev–Trinajstić information content (AvgIpc) is 2.82. The summed E-state index contributed by atoms with van der Waals surface area (Å²) < 4.78 is 1.59. The Bertz CT molecular complexity index is 750. The highest BCUT2D eigenvalue weighted by molar-refractivity contribution is 5.65. The molecule has 2 N–H and O–H groups in total. The summed E-state index contributed by atoms with van der Waals surface area (Å²) in [5.41, 5.74) is 2.51. The highest BCUT2D eigenvalue weighted by Crippen LogP contribution is 2.27. The molecule has 0 aliphatic carbocycles. The van der Waals surface area contributed by atoms with Gasteiger partial charge in [0.05, 0.1) is 5.69 Å². The van der Waals surface area contributed by atoms with Gasteiger partial charge in [0.15, 0.2) is 0 Å². The summed E-state index contributed by atoms with van der Waals surface area (Å²) in [4.78, 5) is 8.32. The molecule has 19 heavy (non-hydrogen) atoms. The molecular formula is C13H13N5O. The second kappa shape index (κ2) is 4.24. The van der Waals surface area contributed by atoms with Gasteiger partial charge in [-0.25, -0.2) is 4.98 Å². The van der Waals surface area contributed by atoms with Gasteiger partial charge in [0, 0.05) is 11.8 Å². The highest BCUT2D eigenvalue weighted by atomic mass is 16.3. The largest absolute Gasteiger partial charge is 0.506 e. The minimum Gasteiger partial charge on any atom is -0.506 e. The molecule has 0 saturated heterocycles. The van der Waals surface area contributed by atoms with Crippen LogP contribution in [0.25, 0.3) is 5.78 Å². The van der Waals surface area contributed by atoms with Crippen LogP contribution in [0.2, 0.25) is 0 Å². The van der Waals surface area contributed by atoms with Crippen LogP contribution in [0.4, 0.5) is 11.5 Å². The normalized spacial score (nSPS) is 10.8. The van der Waals surface area contributed by atoms with E-state index in [1.807, 2.05) is 32.0 Å². The minimum atomic E-state index is 0.188. The number of aromatic hydroxyl groups is 1. The number of nitrogens with zero attached hydrogens (tertiary/aromatic N) is 4. The van der Waals surface area contributed by atoms with Crippen molar-refractivity contribution in [2.24, 2.45) is 0 Å². The van der Waals surface area contributed by atoms with Crippen LogP contribution in [0.15, 0.2) is 30.6 Å². The molecule has 1 aromatic carbocycles. The number of phenols is 1. The Kier molecular flexibility index (Phi) is 2.56. The van der Waals surface area contributed by atoms with Gasteiger partial charge in [-0.15, -0.1) is 0 Å². The molecule has 6 heteroatoms. The van der Waals surface area contributed by atoms with Crippen LogP contribution in [0.5, 0.6) is 5.75 Å². The Morgan fingerprint density at radius 1 is 1.21 bits per heavy atom. The maximum Gasteiger partial charge on any atom is 0.254 e. The fourth-order valence-electron chi connectivity index (χ4n) is 1.91. The molecule has 0 saturated carbocycles. The predicted molar refractivity (Wildman–Crippen MR) is 71.6 cm³/mol. The number of phenolic OH excluding ortho intramolecular Hbond substituents is 1. The van der Waals surface area contributed by atoms with E-state index in [2.05, 4.69) is 20.4 Å². The number of hydrogen-bond donors (Lipinski definition) is 2. The van der Waals surface area contributed by atoms with E-state index in [4.69, 9.17) is 0 Å². The number of aromatic nitrogens is 4. The molecule has 0 bridgehead atoms. The van der Waals surface area contributed by atoms with Crippen LogP contribution in [0, 0.1) is 13.8 Å². The molecule has 0 aliphatic heterocycles. The van der Waals surface area contributed by atoms with Gasteiger partial charge >= 0.3 is 0 Å². The number of aryl methyl sites for hydroxylation is 2. The van der Waals surface area contributed by atoms with Crippen LogP contribution in [0.1, 0.15) is 11.3 Å². The number of nitrogens with one attached hydrogen (secondary N) is 1. The fourth-order valence-corrected chi connectivity index (χ4v) is 1.91. The standard InChI is InChI=1S/C13H13N5O/c1-8-3-4-11(19)10(5-8)17-12-6-9(2)16-13-14-7-15-18(12)13/h3-7,17,19H,1-2H3. The lowest BCUT2D eigenvalue weighted by Gasteiger charge is -2.10. The molecule has 0 radical (unpaired) electrons. The van der Waals surface area contributed by atoms with E-state index in [0.29, 0.717) is 17.3 Å². The minimum absolute atomic E-state index is 0.188. The fraction of sp³-hybridized carbons (Fsp3) is 0.154. The Balaban J connectivity index is 2.10. The van der Waals surface area contributed by atoms with Crippen LogP contribution in [-0.2, 0) is 0 Å². The average molecular weight is 255 g/mol. The highest BCUT2D eigenvalue weighted by Gasteiger charge is 2.08. The number of hydrogen-bond acceptors (Lipinski definition) is 5. The first-order valence-corrected chi connectivity index (χ1v) is 5.87. The summed E-state index contributed by atoms with van der Waals surface area (Å²) in [6, 6.07) is 7.23. The van der Waals surface area contributed by atoms with Crippen LogP contribution < -0.4 is 5.32 Å². The van der Waals surface area contributed by atoms with Crippen molar-refractivity contribution >= 4 is 17.3 Å². The quantitative estimate of drug-likeness (QED) is 0.686. The predicted octanol–water partition coefficient (Wildman–Crippen LogP) is 2.19. The van der Waals surface area contributed by atoms with E-state index >= 15 is 0 Å². The molecule has 2 heterocycles. The third-order valence-electron chi connectivity index (χ3n) is 2.79. The molecule has 3 aromatic rings. The zero-order valence-corrected chi connectivity index (χ0v) is 10.6. The van der Waals surface area contributed by atoms with Gasteiger partial charge in [-0.3, -0.25) is 0 Å². The number of rotatable bonds is 2. The van der Waals surface area contributed by atoms with Crippen molar-refractivity contribution in [3.63, 3.8) is 0 Å². The topological polar surface area (TPSA) is 75.3 Å². The zero-order valence-electron chi connectivity index (χ0n) is 10.6. The number of anilines is 2. The van der Waals surface area contributed by atoms with E-state index in [-0.39, 0.29) is 5.75 Å². The van der Waals surface area contributed by atoms with Crippen molar-refractivity contribution in [3.05, 3.63) is 41.9 Å². The molecule has 3 rings (SSSR count). The third kappa shape index (κ3) is 2.08. The summed E-state index contributed by atoms with van der Waals surface area (Å²) in [7, 11) is 0. The first-order chi connectivity index (χ1) is 9.13. The Labute approximate surface area is 109 Å². The van der Waals surface area contributed by atoms with Gasteiger partial charge in [0.25, 0.3) is 5.78 Å². The lowest BCUT2D eigenvalue weighted by Crippen LogP contribution is -2.02. The lowest BCUT2D eigenvalue weighted by atomic mass is 10.2. The first kappa shape index (κ1) is 11.5. The van der Waals surface area contributed by atoms with Crippen molar-refractivity contribution in [2.75, 3.05) is 5.32 Å². The van der Waals surface area contributed by atoms with Gasteiger partial charge in [-0.2, -0.15) is 14.6 Å². The van der Waals surface area contributed by atoms with Gasteiger partial charge in [0.2, 0.25) is 0 Å². The summed E-state index contributed by atoms with van der Waals surface area (Å²) in [6.07, 6.45) is 1.45. The molecule has 0 aliphatic rings. The molecule has 0 amide bonds. The number of fused-ring (bicyclic) bond motifs is 1. The van der Waals surface area contributed by atoms with Crippen molar-refractivity contribution in [3.8, 4) is 5.75 Å². The monoisotopic (exact) mass is 255 g/mol. The Morgan fingerprint density at radius 3 is 2.89 bits per heavy atom. The van der Waals surface area contributed by atoms with Crippen LogP contribution in [0.3, 0.4) is 0 Å². The number of benzene rings is 1. The Hall–Kier alpha value is -2.63. The van der Waals surface area contributed by atoms with Crippen LogP contribution in [-0.4, -0.2) is 24.7 Å². The van der Waals surface area contributed by atoms with E-state index in [9.17, 15) is 5.11 Å². The zero-order chi connectivity index (χ0) is 13.4. The van der Waals surface area contributed by atoms with Gasteiger partial charge in [0.1, 0.15) is 17.9 Å². The summed E-state index contributed by atoms with van der Waals surface area (Å²) >= 11 is 0. The summed E-state index contributed by atoms with van der Waals surface area (Å²) in [6.45, 7) is 3.85. The van der Waals surface area contributed by atoms with E-state index in [1.54, 1.807) is 10.6 Å². The molecule has 0 atom stereocenters. The van der Waals surface area contributed by atoms with E-state index in [1.165, 1.54) is 6.33 Å².